The fourth-order valence-corrected chi connectivity index (χ4v) is 4.30. The van der Waals surface area contributed by atoms with E-state index >= 15 is 0 Å². The first-order valence-electron chi connectivity index (χ1n) is 8.80. The highest BCUT2D eigenvalue weighted by Gasteiger charge is 2.18. The number of ether oxygens (including phenoxy) is 1. The molecule has 0 bridgehead atoms. The summed E-state index contributed by atoms with van der Waals surface area (Å²) in [5.41, 5.74) is 0.563. The Kier molecular flexibility index (Phi) is 5.79. The van der Waals surface area contributed by atoms with E-state index in [0.717, 1.165) is 4.88 Å². The fourth-order valence-electron chi connectivity index (χ4n) is 2.59. The van der Waals surface area contributed by atoms with Crippen LogP contribution in [0, 0.1) is 0 Å². The van der Waals surface area contributed by atoms with Gasteiger partial charge in [-0.15, -0.1) is 11.3 Å². The fraction of sp³-hybridized carbons (Fsp3) is 0.100. The standard InChI is InChI=1S/C20H16N2O6S2/c23-20(27-13-15-11-18(28-22-15)19-7-3-9-29-19)14-4-1-6-17(10-14)30(24,25)21-12-16-5-2-8-26-16/h1-11,21H,12-13H2. The molecule has 0 atom stereocenters. The summed E-state index contributed by atoms with van der Waals surface area (Å²) in [4.78, 5) is 13.2. The third-order valence-corrected chi connectivity index (χ3v) is 6.35. The van der Waals surface area contributed by atoms with Gasteiger partial charge in [-0.2, -0.15) is 0 Å². The van der Waals surface area contributed by atoms with Gasteiger partial charge in [0.15, 0.2) is 5.76 Å². The Bertz CT molecular complexity index is 1230. The predicted molar refractivity (Wildman–Crippen MR) is 108 cm³/mol. The number of aromatic nitrogens is 1. The highest BCUT2D eigenvalue weighted by atomic mass is 32.2. The van der Waals surface area contributed by atoms with Gasteiger partial charge in [0.25, 0.3) is 0 Å². The number of carbonyl (C=O) groups excluding carboxylic acids is 1. The Morgan fingerprint density at radius 3 is 2.80 bits per heavy atom. The number of carbonyl (C=O) groups is 1. The van der Waals surface area contributed by atoms with Crippen LogP contribution in [-0.4, -0.2) is 19.5 Å². The van der Waals surface area contributed by atoms with E-state index in [1.165, 1.54) is 41.9 Å². The van der Waals surface area contributed by atoms with Crippen molar-refractivity contribution in [3.63, 3.8) is 0 Å². The molecule has 0 fully saturated rings. The van der Waals surface area contributed by atoms with Crippen molar-refractivity contribution in [2.45, 2.75) is 18.0 Å². The van der Waals surface area contributed by atoms with Crippen LogP contribution in [0.2, 0.25) is 0 Å². The zero-order chi connectivity index (χ0) is 21.0. The maximum absolute atomic E-state index is 12.5. The number of furan rings is 1. The molecule has 0 aliphatic carbocycles. The van der Waals surface area contributed by atoms with Crippen molar-refractivity contribution in [1.82, 2.24) is 9.88 Å². The molecule has 0 radical (unpaired) electrons. The van der Waals surface area contributed by atoms with Gasteiger partial charge in [-0.1, -0.05) is 17.3 Å². The maximum Gasteiger partial charge on any atom is 0.338 e. The lowest BCUT2D eigenvalue weighted by molar-refractivity contribution is 0.0464. The molecule has 0 aliphatic rings. The van der Waals surface area contributed by atoms with E-state index in [2.05, 4.69) is 9.88 Å². The molecule has 0 saturated heterocycles. The highest BCUT2D eigenvalue weighted by molar-refractivity contribution is 7.89. The molecule has 4 aromatic rings. The van der Waals surface area contributed by atoms with E-state index in [1.807, 2.05) is 17.5 Å². The van der Waals surface area contributed by atoms with Crippen LogP contribution < -0.4 is 4.72 Å². The van der Waals surface area contributed by atoms with Crippen LogP contribution in [0.25, 0.3) is 10.6 Å². The van der Waals surface area contributed by atoms with Crippen LogP contribution in [0.5, 0.6) is 0 Å². The summed E-state index contributed by atoms with van der Waals surface area (Å²) in [5.74, 6) is 0.397. The Balaban J connectivity index is 1.40. The largest absolute Gasteiger partial charge is 0.468 e. The topological polar surface area (TPSA) is 112 Å². The van der Waals surface area contributed by atoms with Crippen LogP contribution in [-0.2, 0) is 27.9 Å². The normalized spacial score (nSPS) is 11.5. The summed E-state index contributed by atoms with van der Waals surface area (Å²) < 4.78 is 43.0. The summed E-state index contributed by atoms with van der Waals surface area (Å²) in [7, 11) is -3.83. The first-order chi connectivity index (χ1) is 14.5. The second kappa shape index (κ2) is 8.66. The Morgan fingerprint density at radius 1 is 1.13 bits per heavy atom. The van der Waals surface area contributed by atoms with E-state index in [1.54, 1.807) is 18.2 Å². The summed E-state index contributed by atoms with van der Waals surface area (Å²) in [6.45, 7) is -0.0931. The monoisotopic (exact) mass is 444 g/mol. The lowest BCUT2D eigenvalue weighted by atomic mass is 10.2. The zero-order valence-corrected chi connectivity index (χ0v) is 17.1. The molecule has 1 aromatic carbocycles. The summed E-state index contributed by atoms with van der Waals surface area (Å²) >= 11 is 1.51. The van der Waals surface area contributed by atoms with Gasteiger partial charge in [0, 0.05) is 6.07 Å². The first kappa shape index (κ1) is 20.1. The minimum atomic E-state index is -3.83. The molecule has 0 aliphatic heterocycles. The molecule has 154 valence electrons. The van der Waals surface area contributed by atoms with Gasteiger partial charge >= 0.3 is 5.97 Å². The van der Waals surface area contributed by atoms with Crippen LogP contribution >= 0.6 is 11.3 Å². The zero-order valence-electron chi connectivity index (χ0n) is 15.5. The van der Waals surface area contributed by atoms with Crippen LogP contribution in [0.1, 0.15) is 21.8 Å². The Labute approximate surface area is 176 Å². The van der Waals surface area contributed by atoms with Crippen LogP contribution in [0.15, 0.2) is 80.1 Å². The van der Waals surface area contributed by atoms with Gasteiger partial charge in [-0.05, 0) is 41.8 Å². The number of nitrogens with one attached hydrogen (secondary N) is 1. The molecule has 8 nitrogen and oxygen atoms in total. The van der Waals surface area contributed by atoms with E-state index in [-0.39, 0.29) is 23.6 Å². The van der Waals surface area contributed by atoms with Crippen molar-refractivity contribution in [1.29, 1.82) is 0 Å². The predicted octanol–water partition coefficient (Wildman–Crippen LogP) is 3.83. The molecule has 0 saturated carbocycles. The van der Waals surface area contributed by atoms with Gasteiger partial charge in [-0.3, -0.25) is 0 Å². The van der Waals surface area contributed by atoms with Gasteiger partial charge in [0.05, 0.1) is 28.1 Å². The van der Waals surface area contributed by atoms with Crippen molar-refractivity contribution >= 4 is 27.3 Å². The average molecular weight is 444 g/mol. The van der Waals surface area contributed by atoms with E-state index in [9.17, 15) is 13.2 Å². The molecule has 10 heteroatoms. The van der Waals surface area contributed by atoms with Crippen LogP contribution in [0.4, 0.5) is 0 Å². The van der Waals surface area contributed by atoms with Gasteiger partial charge in [0.2, 0.25) is 10.0 Å². The third kappa shape index (κ3) is 4.67. The molecule has 4 rings (SSSR count). The van der Waals surface area contributed by atoms with E-state index < -0.39 is 16.0 Å². The van der Waals surface area contributed by atoms with Crippen molar-refractivity contribution in [2.24, 2.45) is 0 Å². The molecule has 30 heavy (non-hydrogen) atoms. The second-order valence-corrected chi connectivity index (χ2v) is 8.88. The van der Waals surface area contributed by atoms with Crippen molar-refractivity contribution in [3.8, 4) is 10.6 Å². The lowest BCUT2D eigenvalue weighted by Crippen LogP contribution is -2.23. The Morgan fingerprint density at radius 2 is 2.03 bits per heavy atom. The lowest BCUT2D eigenvalue weighted by Gasteiger charge is -2.07. The minimum Gasteiger partial charge on any atom is -0.468 e. The molecule has 1 N–H and O–H groups in total. The molecule has 0 spiro atoms. The SMILES string of the molecule is O=C(OCc1cc(-c2cccs2)on1)c1cccc(S(=O)(=O)NCc2ccco2)c1. The van der Waals surface area contributed by atoms with E-state index in [0.29, 0.717) is 17.2 Å². The number of benzene rings is 1. The number of rotatable bonds is 8. The molecular weight excluding hydrogens is 428 g/mol. The number of esters is 1. The van der Waals surface area contributed by atoms with Crippen LogP contribution in [0.3, 0.4) is 0 Å². The molecule has 0 amide bonds. The highest BCUT2D eigenvalue weighted by Crippen LogP contribution is 2.25. The van der Waals surface area contributed by atoms with Crippen molar-refractivity contribution < 1.29 is 26.9 Å². The number of thiophene rings is 1. The smallest absolute Gasteiger partial charge is 0.338 e. The number of nitrogens with zero attached hydrogens (tertiary/aromatic N) is 1. The van der Waals surface area contributed by atoms with E-state index in [4.69, 9.17) is 13.7 Å². The Hall–Kier alpha value is -3.21. The maximum atomic E-state index is 12.5. The third-order valence-electron chi connectivity index (χ3n) is 4.07. The van der Waals surface area contributed by atoms with Crippen molar-refractivity contribution in [3.05, 3.63) is 83.3 Å². The van der Waals surface area contributed by atoms with Gasteiger partial charge in [0.1, 0.15) is 18.1 Å². The van der Waals surface area contributed by atoms with Crippen molar-refractivity contribution in [2.75, 3.05) is 0 Å². The van der Waals surface area contributed by atoms with Gasteiger partial charge in [-0.25, -0.2) is 17.9 Å². The van der Waals surface area contributed by atoms with Gasteiger partial charge < -0.3 is 13.7 Å². The second-order valence-electron chi connectivity index (χ2n) is 6.17. The minimum absolute atomic E-state index is 0.00272. The number of hydrogen-bond acceptors (Lipinski definition) is 8. The summed E-state index contributed by atoms with van der Waals surface area (Å²) in [5, 5.41) is 5.80. The summed E-state index contributed by atoms with van der Waals surface area (Å²) in [6.07, 6.45) is 1.46. The first-order valence-corrected chi connectivity index (χ1v) is 11.2. The molecule has 0 unspecified atom stereocenters. The summed E-state index contributed by atoms with van der Waals surface area (Å²) in [6, 6.07) is 14.4. The number of sulfonamides is 1. The average Bonchev–Trinajstić information content (AvgIpc) is 3.53. The molecular formula is C20H16N2O6S2. The molecule has 3 heterocycles. The quantitative estimate of drug-likeness (QED) is 0.411. The number of hydrogen-bond donors (Lipinski definition) is 1. The molecule has 3 aromatic heterocycles.